The maximum atomic E-state index is 11.5. The third-order valence-electron chi connectivity index (χ3n) is 4.46. The maximum absolute atomic E-state index is 11.5. The van der Waals surface area contributed by atoms with Crippen LogP contribution in [0.5, 0.6) is 0 Å². The number of hydrogen-bond donors (Lipinski definition) is 2. The van der Waals surface area contributed by atoms with Crippen molar-refractivity contribution in [2.45, 2.75) is 39.7 Å². The summed E-state index contributed by atoms with van der Waals surface area (Å²) in [4.78, 5) is 18.1. The Labute approximate surface area is 138 Å². The fraction of sp³-hybridized carbons (Fsp3) is 0.647. The smallest absolute Gasteiger partial charge is 0.220 e. The van der Waals surface area contributed by atoms with E-state index in [2.05, 4.69) is 26.6 Å². The summed E-state index contributed by atoms with van der Waals surface area (Å²) >= 11 is 0. The van der Waals surface area contributed by atoms with Crippen LogP contribution in [-0.4, -0.2) is 44.0 Å². The lowest BCUT2D eigenvalue weighted by atomic mass is 9.93. The summed E-state index contributed by atoms with van der Waals surface area (Å²) < 4.78 is 5.56. The van der Waals surface area contributed by atoms with E-state index in [0.717, 1.165) is 49.0 Å². The molecule has 1 aliphatic heterocycles. The predicted molar refractivity (Wildman–Crippen MR) is 91.4 cm³/mol. The number of hydrogen-bond acceptors (Lipinski definition) is 3. The third-order valence-corrected chi connectivity index (χ3v) is 4.46. The Morgan fingerprint density at radius 3 is 2.61 bits per heavy atom. The van der Waals surface area contributed by atoms with Crippen LogP contribution in [0.3, 0.4) is 0 Å². The quantitative estimate of drug-likeness (QED) is 0.656. The van der Waals surface area contributed by atoms with E-state index in [1.807, 2.05) is 20.9 Å². The van der Waals surface area contributed by atoms with Gasteiger partial charge in [0.25, 0.3) is 0 Å². The largest absolute Gasteiger partial charge is 0.466 e. The second-order valence-electron chi connectivity index (χ2n) is 6.15. The first-order chi connectivity index (χ1) is 11.0. The Morgan fingerprint density at radius 2 is 2.09 bits per heavy atom. The topological polar surface area (TPSA) is 69.9 Å². The van der Waals surface area contributed by atoms with Crippen LogP contribution in [0.1, 0.15) is 36.3 Å². The van der Waals surface area contributed by atoms with Gasteiger partial charge in [0.1, 0.15) is 11.5 Å². The molecule has 0 aliphatic carbocycles. The minimum atomic E-state index is 0.136. The van der Waals surface area contributed by atoms with Gasteiger partial charge in [-0.2, -0.15) is 0 Å². The van der Waals surface area contributed by atoms with Gasteiger partial charge in [-0.1, -0.05) is 0 Å². The summed E-state index contributed by atoms with van der Waals surface area (Å²) in [5.41, 5.74) is 1.16. The van der Waals surface area contributed by atoms with E-state index >= 15 is 0 Å². The second kappa shape index (κ2) is 8.04. The van der Waals surface area contributed by atoms with Gasteiger partial charge < -0.3 is 20.0 Å². The molecule has 2 heterocycles. The van der Waals surface area contributed by atoms with Crippen LogP contribution in [0.2, 0.25) is 0 Å². The van der Waals surface area contributed by atoms with E-state index in [0.29, 0.717) is 18.9 Å². The molecule has 1 aromatic heterocycles. The van der Waals surface area contributed by atoms with Crippen molar-refractivity contribution in [3.63, 3.8) is 0 Å². The van der Waals surface area contributed by atoms with Crippen LogP contribution in [0.15, 0.2) is 15.5 Å². The Bertz CT molecular complexity index is 557. The van der Waals surface area contributed by atoms with Gasteiger partial charge in [-0.15, -0.1) is 0 Å². The van der Waals surface area contributed by atoms with E-state index < -0.39 is 0 Å². The molecule has 0 bridgehead atoms. The van der Waals surface area contributed by atoms with Crippen molar-refractivity contribution >= 4 is 11.9 Å². The van der Waals surface area contributed by atoms with Crippen LogP contribution >= 0.6 is 0 Å². The molecular weight excluding hydrogens is 292 g/mol. The van der Waals surface area contributed by atoms with Gasteiger partial charge in [-0.05, 0) is 38.7 Å². The normalized spacial score (nSPS) is 16.5. The molecule has 6 heteroatoms. The zero-order valence-electron chi connectivity index (χ0n) is 14.6. The van der Waals surface area contributed by atoms with E-state index in [4.69, 9.17) is 4.42 Å². The highest BCUT2D eigenvalue weighted by atomic mass is 16.3. The number of guanidine groups is 1. The Hall–Kier alpha value is -1.98. The molecule has 1 aliphatic rings. The van der Waals surface area contributed by atoms with Crippen LogP contribution in [0, 0.1) is 19.8 Å². The van der Waals surface area contributed by atoms with Gasteiger partial charge in [0.2, 0.25) is 5.91 Å². The Morgan fingerprint density at radius 1 is 1.39 bits per heavy atom. The molecule has 2 N–H and O–H groups in total. The first-order valence-electron chi connectivity index (χ1n) is 8.25. The molecule has 1 fully saturated rings. The van der Waals surface area contributed by atoms with E-state index in [-0.39, 0.29) is 5.91 Å². The third kappa shape index (κ3) is 4.74. The zero-order valence-corrected chi connectivity index (χ0v) is 14.6. The van der Waals surface area contributed by atoms with E-state index in [1.54, 1.807) is 7.05 Å². The molecule has 0 aromatic carbocycles. The fourth-order valence-corrected chi connectivity index (χ4v) is 3.08. The molecule has 6 nitrogen and oxygen atoms in total. The summed E-state index contributed by atoms with van der Waals surface area (Å²) in [6.07, 6.45) is 2.68. The van der Waals surface area contributed by atoms with Crippen molar-refractivity contribution in [1.82, 2.24) is 15.5 Å². The van der Waals surface area contributed by atoms with Crippen molar-refractivity contribution in [3.8, 4) is 0 Å². The number of aryl methyl sites for hydroxylation is 2. The molecule has 23 heavy (non-hydrogen) atoms. The molecule has 2 rings (SSSR count). The zero-order chi connectivity index (χ0) is 16.8. The van der Waals surface area contributed by atoms with Crippen LogP contribution in [0.4, 0.5) is 0 Å². The van der Waals surface area contributed by atoms with Gasteiger partial charge in [0.15, 0.2) is 5.96 Å². The minimum Gasteiger partial charge on any atom is -0.466 e. The number of likely N-dealkylation sites (tertiary alicyclic amines) is 1. The fourth-order valence-electron chi connectivity index (χ4n) is 3.08. The van der Waals surface area contributed by atoms with Crippen molar-refractivity contribution in [2.24, 2.45) is 10.9 Å². The van der Waals surface area contributed by atoms with Gasteiger partial charge in [0, 0.05) is 45.7 Å². The number of rotatable bonds is 4. The van der Waals surface area contributed by atoms with Crippen LogP contribution in [-0.2, 0) is 11.3 Å². The van der Waals surface area contributed by atoms with Gasteiger partial charge in [0.05, 0.1) is 0 Å². The summed E-state index contributed by atoms with van der Waals surface area (Å²) in [6.45, 7) is 6.53. The van der Waals surface area contributed by atoms with Crippen LogP contribution in [0.25, 0.3) is 0 Å². The monoisotopic (exact) mass is 320 g/mol. The Balaban J connectivity index is 1.83. The summed E-state index contributed by atoms with van der Waals surface area (Å²) in [7, 11) is 3.51. The first-order valence-corrected chi connectivity index (χ1v) is 8.25. The molecule has 128 valence electrons. The van der Waals surface area contributed by atoms with Crippen molar-refractivity contribution in [1.29, 1.82) is 0 Å². The first kappa shape index (κ1) is 17.4. The van der Waals surface area contributed by atoms with Gasteiger partial charge in [-0.25, -0.2) is 0 Å². The summed E-state index contributed by atoms with van der Waals surface area (Å²) in [5.74, 6) is 3.42. The molecule has 0 radical (unpaired) electrons. The van der Waals surface area contributed by atoms with Crippen molar-refractivity contribution < 1.29 is 9.21 Å². The highest BCUT2D eigenvalue weighted by molar-refractivity contribution is 5.80. The summed E-state index contributed by atoms with van der Waals surface area (Å²) in [6, 6.07) is 2.06. The van der Waals surface area contributed by atoms with Gasteiger partial charge >= 0.3 is 0 Å². The number of amides is 1. The highest BCUT2D eigenvalue weighted by Gasteiger charge is 2.23. The van der Waals surface area contributed by atoms with Crippen molar-refractivity contribution in [2.75, 3.05) is 27.2 Å². The molecule has 0 saturated carbocycles. The standard InChI is InChI=1S/C17H28N4O2/c1-12-9-15(13(2)23-12)11-20-17(19-4)21-7-5-14(6-8-21)10-16(22)18-3/h9,14H,5-8,10-11H2,1-4H3,(H,18,22)(H,19,20). The lowest BCUT2D eigenvalue weighted by Gasteiger charge is -2.34. The number of carbonyl (C=O) groups excluding carboxylic acids is 1. The molecule has 0 atom stereocenters. The lowest BCUT2D eigenvalue weighted by molar-refractivity contribution is -0.121. The number of nitrogens with one attached hydrogen (secondary N) is 2. The number of piperidine rings is 1. The maximum Gasteiger partial charge on any atom is 0.220 e. The number of aliphatic imine (C=N–C) groups is 1. The lowest BCUT2D eigenvalue weighted by Crippen LogP contribution is -2.45. The predicted octanol–water partition coefficient (Wildman–Crippen LogP) is 1.82. The number of furan rings is 1. The molecular formula is C17H28N4O2. The number of carbonyl (C=O) groups is 1. The molecule has 1 saturated heterocycles. The van der Waals surface area contributed by atoms with Crippen LogP contribution < -0.4 is 10.6 Å². The Kier molecular flexibility index (Phi) is 6.07. The average Bonchev–Trinajstić information content (AvgIpc) is 2.87. The second-order valence-corrected chi connectivity index (χ2v) is 6.15. The number of nitrogens with zero attached hydrogens (tertiary/aromatic N) is 2. The van der Waals surface area contributed by atoms with Gasteiger partial charge in [-0.3, -0.25) is 9.79 Å². The minimum absolute atomic E-state index is 0.136. The highest BCUT2D eigenvalue weighted by Crippen LogP contribution is 2.20. The summed E-state index contributed by atoms with van der Waals surface area (Å²) in [5, 5.41) is 6.12. The SMILES string of the molecule is CN=C(NCc1cc(C)oc1C)N1CCC(CC(=O)NC)CC1. The van der Waals surface area contributed by atoms with Crippen molar-refractivity contribution in [3.05, 3.63) is 23.2 Å². The van der Waals surface area contributed by atoms with E-state index in [1.165, 1.54) is 0 Å². The molecule has 0 spiro atoms. The average molecular weight is 320 g/mol. The molecule has 1 aromatic rings. The van der Waals surface area contributed by atoms with E-state index in [9.17, 15) is 4.79 Å². The molecule has 1 amide bonds. The molecule has 0 unspecified atom stereocenters.